The van der Waals surface area contributed by atoms with Gasteiger partial charge in [-0.2, -0.15) is 0 Å². The minimum Gasteiger partial charge on any atom is -0.488 e. The van der Waals surface area contributed by atoms with Gasteiger partial charge in [0.25, 0.3) is 5.91 Å². The Morgan fingerprint density at radius 1 is 1.52 bits per heavy atom. The van der Waals surface area contributed by atoms with Gasteiger partial charge in [0.2, 0.25) is 6.41 Å². The minimum absolute atomic E-state index is 0.0836. The van der Waals surface area contributed by atoms with Crippen LogP contribution in [0.1, 0.15) is 32.3 Å². The summed E-state index contributed by atoms with van der Waals surface area (Å²) in [6, 6.07) is 3.09. The van der Waals surface area contributed by atoms with Crippen LogP contribution in [0.2, 0.25) is 5.02 Å². The molecule has 128 valence electrons. The zero-order chi connectivity index (χ0) is 17.4. The predicted molar refractivity (Wildman–Crippen MR) is 84.5 cm³/mol. The summed E-state index contributed by atoms with van der Waals surface area (Å²) < 4.78 is 11.1. The number of rotatable bonds is 10. The molecule has 0 fully saturated rings. The van der Waals surface area contributed by atoms with Crippen LogP contribution < -0.4 is 15.2 Å². The summed E-state index contributed by atoms with van der Waals surface area (Å²) in [5, 5.41) is 10.00. The molecule has 0 aromatic heterocycles. The lowest BCUT2D eigenvalue weighted by atomic mass is 10.2. The van der Waals surface area contributed by atoms with Crippen molar-refractivity contribution in [3.05, 3.63) is 22.7 Å². The number of nitrogens with two attached hydrogens (primary N) is 1. The first kappa shape index (κ1) is 19.1. The molecule has 1 unspecified atom stereocenters. The summed E-state index contributed by atoms with van der Waals surface area (Å²) in [4.78, 5) is 21.7. The maximum Gasteiger partial charge on any atom is 0.258 e. The topological polar surface area (TPSA) is 102 Å². The highest BCUT2D eigenvalue weighted by molar-refractivity contribution is 6.32. The normalized spacial score (nSPS) is 11.7. The first-order valence-electron chi connectivity index (χ1n) is 7.21. The van der Waals surface area contributed by atoms with E-state index >= 15 is 0 Å². The minimum atomic E-state index is -0.883. The van der Waals surface area contributed by atoms with Crippen molar-refractivity contribution in [2.24, 2.45) is 5.73 Å². The number of amides is 2. The van der Waals surface area contributed by atoms with Crippen LogP contribution in [0.5, 0.6) is 11.5 Å². The Labute approximate surface area is 139 Å². The van der Waals surface area contributed by atoms with E-state index in [1.807, 2.05) is 6.92 Å². The lowest BCUT2D eigenvalue weighted by molar-refractivity contribution is -0.152. The van der Waals surface area contributed by atoms with E-state index < -0.39 is 12.0 Å². The summed E-state index contributed by atoms with van der Waals surface area (Å²) in [5.74, 6) is -0.107. The largest absolute Gasteiger partial charge is 0.488 e. The summed E-state index contributed by atoms with van der Waals surface area (Å²) in [6.07, 6.45) is 1.17. The van der Waals surface area contributed by atoms with Gasteiger partial charge in [0, 0.05) is 0 Å². The summed E-state index contributed by atoms with van der Waals surface area (Å²) in [5.41, 5.74) is 5.71. The molecule has 1 rings (SSSR count). The zero-order valence-electron chi connectivity index (χ0n) is 13.1. The molecule has 0 radical (unpaired) electrons. The van der Waals surface area contributed by atoms with Gasteiger partial charge in [-0.1, -0.05) is 24.9 Å². The first-order chi connectivity index (χ1) is 10.9. The number of unbranched alkanes of at least 4 members (excludes halogenated alkanes) is 1. The van der Waals surface area contributed by atoms with Gasteiger partial charge < -0.3 is 15.2 Å². The molecule has 0 aliphatic heterocycles. The number of hydrogen-bond acceptors (Lipinski definition) is 5. The molecule has 3 N–H and O–H groups in total. The maximum absolute atomic E-state index is 11.2. The van der Waals surface area contributed by atoms with Crippen LogP contribution in [0.3, 0.4) is 0 Å². The first-order valence-corrected chi connectivity index (χ1v) is 7.58. The third-order valence-corrected chi connectivity index (χ3v) is 3.27. The number of benzene rings is 1. The molecule has 23 heavy (non-hydrogen) atoms. The fourth-order valence-electron chi connectivity index (χ4n) is 1.73. The van der Waals surface area contributed by atoms with Crippen LogP contribution >= 0.6 is 11.6 Å². The number of hydrogen-bond donors (Lipinski definition) is 2. The van der Waals surface area contributed by atoms with E-state index in [-0.39, 0.29) is 23.7 Å². The molecule has 1 aromatic rings. The van der Waals surface area contributed by atoms with E-state index in [1.165, 1.54) is 6.92 Å². The summed E-state index contributed by atoms with van der Waals surface area (Å²) >= 11 is 6.19. The van der Waals surface area contributed by atoms with Crippen molar-refractivity contribution < 1.29 is 24.3 Å². The van der Waals surface area contributed by atoms with Crippen molar-refractivity contribution in [3.8, 4) is 11.5 Å². The van der Waals surface area contributed by atoms with Crippen molar-refractivity contribution in [3.63, 3.8) is 0 Å². The van der Waals surface area contributed by atoms with Gasteiger partial charge in [-0.05, 0) is 31.0 Å². The molecule has 0 spiro atoms. The van der Waals surface area contributed by atoms with E-state index in [2.05, 4.69) is 0 Å². The summed E-state index contributed by atoms with van der Waals surface area (Å²) in [6.45, 7) is 3.88. The maximum atomic E-state index is 11.2. The van der Waals surface area contributed by atoms with Crippen LogP contribution in [-0.4, -0.2) is 35.3 Å². The molecule has 0 aliphatic rings. The number of nitrogens with zero attached hydrogens (tertiary/aromatic N) is 1. The highest BCUT2D eigenvalue weighted by Gasteiger charge is 2.18. The lowest BCUT2D eigenvalue weighted by Gasteiger charge is -2.19. The Bertz CT molecular complexity index is 553. The molecule has 1 aromatic carbocycles. The molecular weight excluding hydrogens is 324 g/mol. The van der Waals surface area contributed by atoms with Gasteiger partial charge in [-0.15, -0.1) is 0 Å². The van der Waals surface area contributed by atoms with Crippen LogP contribution in [0.15, 0.2) is 12.1 Å². The van der Waals surface area contributed by atoms with E-state index in [9.17, 15) is 14.8 Å². The molecule has 2 amide bonds. The fourth-order valence-corrected chi connectivity index (χ4v) is 2.02. The molecule has 8 heteroatoms. The monoisotopic (exact) mass is 344 g/mol. The smallest absolute Gasteiger partial charge is 0.258 e. The van der Waals surface area contributed by atoms with Crippen LogP contribution in [0, 0.1) is 0 Å². The lowest BCUT2D eigenvalue weighted by Crippen LogP contribution is -2.30. The highest BCUT2D eigenvalue weighted by Crippen LogP contribution is 2.37. The standard InChI is InChI=1S/C15H21ClN2O5/c1-3-4-5-22-14-12(16)6-11(8-18(21)9-19)7-13(14)23-10(2)15(17)20/h6-7,9-10,21H,3-5,8H2,1-2H3,(H2,17,20). The molecule has 0 aliphatic carbocycles. The third-order valence-electron chi connectivity index (χ3n) is 2.98. The van der Waals surface area contributed by atoms with Gasteiger partial charge in [-0.25, -0.2) is 5.06 Å². The zero-order valence-corrected chi connectivity index (χ0v) is 13.9. The van der Waals surface area contributed by atoms with Gasteiger partial charge in [0.05, 0.1) is 18.2 Å². The number of ether oxygens (including phenoxy) is 2. The number of halogens is 1. The number of carbonyl (C=O) groups is 2. The average molecular weight is 345 g/mol. The number of primary amides is 1. The summed E-state index contributed by atoms with van der Waals surface area (Å²) in [7, 11) is 0. The van der Waals surface area contributed by atoms with E-state index in [0.717, 1.165) is 12.8 Å². The molecule has 0 saturated heterocycles. The Hall–Kier alpha value is -1.99. The Kier molecular flexibility index (Phi) is 7.64. The Balaban J connectivity index is 3.10. The van der Waals surface area contributed by atoms with E-state index in [4.69, 9.17) is 26.8 Å². The predicted octanol–water partition coefficient (Wildman–Crippen LogP) is 2.12. The second kappa shape index (κ2) is 9.22. The third kappa shape index (κ3) is 5.96. The van der Waals surface area contributed by atoms with Crippen molar-refractivity contribution in [2.45, 2.75) is 39.3 Å². The molecule has 0 heterocycles. The quantitative estimate of drug-likeness (QED) is 0.293. The van der Waals surface area contributed by atoms with Crippen molar-refractivity contribution in [1.82, 2.24) is 5.06 Å². The van der Waals surface area contributed by atoms with Gasteiger partial charge >= 0.3 is 0 Å². The average Bonchev–Trinajstić information content (AvgIpc) is 2.49. The Morgan fingerprint density at radius 2 is 2.22 bits per heavy atom. The van der Waals surface area contributed by atoms with Crippen LogP contribution in [-0.2, 0) is 16.1 Å². The van der Waals surface area contributed by atoms with Gasteiger partial charge in [-0.3, -0.25) is 14.8 Å². The number of hydroxylamine groups is 2. The molecule has 7 nitrogen and oxygen atoms in total. The molecular formula is C15H21ClN2O5. The van der Waals surface area contributed by atoms with Crippen LogP contribution in [0.4, 0.5) is 0 Å². The van der Waals surface area contributed by atoms with Crippen molar-refractivity contribution >= 4 is 23.9 Å². The van der Waals surface area contributed by atoms with Gasteiger partial charge in [0.15, 0.2) is 17.6 Å². The second-order valence-corrected chi connectivity index (χ2v) is 5.38. The molecule has 0 bridgehead atoms. The number of carbonyl (C=O) groups excluding carboxylic acids is 2. The molecule has 0 saturated carbocycles. The van der Waals surface area contributed by atoms with Gasteiger partial charge in [0.1, 0.15) is 0 Å². The Morgan fingerprint density at radius 3 is 2.78 bits per heavy atom. The van der Waals surface area contributed by atoms with E-state index in [0.29, 0.717) is 23.0 Å². The van der Waals surface area contributed by atoms with Crippen LogP contribution in [0.25, 0.3) is 0 Å². The van der Waals surface area contributed by atoms with Crippen molar-refractivity contribution in [1.29, 1.82) is 0 Å². The fraction of sp³-hybridized carbons (Fsp3) is 0.467. The van der Waals surface area contributed by atoms with E-state index in [1.54, 1.807) is 12.1 Å². The highest BCUT2D eigenvalue weighted by atomic mass is 35.5. The SMILES string of the molecule is CCCCOc1c(Cl)cc(CN(O)C=O)cc1OC(C)C(N)=O. The second-order valence-electron chi connectivity index (χ2n) is 4.97. The molecule has 1 atom stereocenters. The van der Waals surface area contributed by atoms with Crippen molar-refractivity contribution in [2.75, 3.05) is 6.61 Å².